The van der Waals surface area contributed by atoms with Crippen molar-refractivity contribution in [3.8, 4) is 0 Å². The van der Waals surface area contributed by atoms with E-state index in [0.29, 0.717) is 5.56 Å². The molecule has 0 aliphatic rings. The van der Waals surface area contributed by atoms with Gasteiger partial charge in [0.25, 0.3) is 5.91 Å². The van der Waals surface area contributed by atoms with Gasteiger partial charge in [0, 0.05) is 58.1 Å². The van der Waals surface area contributed by atoms with Gasteiger partial charge in [0.05, 0.1) is 0 Å². The lowest BCUT2D eigenvalue weighted by atomic mass is 10.1. The Balaban J connectivity index is 0.00000364. The summed E-state index contributed by atoms with van der Waals surface area (Å²) in [6.45, 7) is 1.51. The quantitative estimate of drug-likeness (QED) is 0.362. The number of guanidine groups is 1. The molecular weight excluding hydrogens is 453 g/mol. The Hall–Kier alpha value is -2.16. The number of carbonyl (C=O) groups excluding carboxylic acids is 1. The molecule has 0 aliphatic carbocycles. The van der Waals surface area contributed by atoms with E-state index in [1.807, 2.05) is 42.5 Å². The molecule has 2 N–H and O–H groups in total. The van der Waals surface area contributed by atoms with Crippen molar-refractivity contribution >= 4 is 35.8 Å². The summed E-state index contributed by atoms with van der Waals surface area (Å²) in [6, 6.07) is 13.7. The molecule has 2 aromatic rings. The first-order valence-electron chi connectivity index (χ1n) is 8.75. The first-order valence-corrected chi connectivity index (χ1v) is 8.75. The number of halogens is 1. The molecule has 0 radical (unpaired) electrons. The van der Waals surface area contributed by atoms with Crippen LogP contribution in [0.1, 0.15) is 21.6 Å². The zero-order valence-corrected chi connectivity index (χ0v) is 18.4. The Morgan fingerprint density at radius 1 is 1.07 bits per heavy atom. The van der Waals surface area contributed by atoms with Crippen LogP contribution >= 0.6 is 24.0 Å². The summed E-state index contributed by atoms with van der Waals surface area (Å²) < 4.78 is 0. The maximum absolute atomic E-state index is 12.0. The van der Waals surface area contributed by atoms with Crippen molar-refractivity contribution in [1.82, 2.24) is 20.5 Å². The van der Waals surface area contributed by atoms with Gasteiger partial charge in [-0.3, -0.25) is 14.8 Å². The number of aromatic nitrogens is 1. The third kappa shape index (κ3) is 7.94. The maximum atomic E-state index is 12.0. The van der Waals surface area contributed by atoms with Crippen LogP contribution in [-0.4, -0.2) is 56.0 Å². The minimum absolute atomic E-state index is 0. The van der Waals surface area contributed by atoms with E-state index in [0.717, 1.165) is 43.1 Å². The smallest absolute Gasteiger partial charge is 0.253 e. The molecule has 1 amide bonds. The number of nitrogens with one attached hydrogen (secondary N) is 2. The largest absolute Gasteiger partial charge is 0.356 e. The number of amides is 1. The molecule has 1 aromatic heterocycles. The normalized spacial score (nSPS) is 10.7. The van der Waals surface area contributed by atoms with Crippen LogP contribution in [0.5, 0.6) is 0 Å². The molecule has 0 bridgehead atoms. The molecular formula is C20H28IN5O. The third-order valence-corrected chi connectivity index (χ3v) is 3.91. The summed E-state index contributed by atoms with van der Waals surface area (Å²) in [5.41, 5.74) is 2.89. The van der Waals surface area contributed by atoms with Gasteiger partial charge in [0.15, 0.2) is 5.96 Å². The summed E-state index contributed by atoms with van der Waals surface area (Å²) in [7, 11) is 5.28. The van der Waals surface area contributed by atoms with Gasteiger partial charge in [-0.05, 0) is 36.2 Å². The predicted octanol–water partition coefficient (Wildman–Crippen LogP) is 2.35. The maximum Gasteiger partial charge on any atom is 0.253 e. The van der Waals surface area contributed by atoms with Crippen LogP contribution in [0.2, 0.25) is 0 Å². The first kappa shape index (κ1) is 22.9. The van der Waals surface area contributed by atoms with Crippen LogP contribution < -0.4 is 10.6 Å². The topological polar surface area (TPSA) is 69.6 Å². The van der Waals surface area contributed by atoms with E-state index in [-0.39, 0.29) is 29.9 Å². The zero-order chi connectivity index (χ0) is 18.8. The Kier molecular flexibility index (Phi) is 10.4. The van der Waals surface area contributed by atoms with Crippen molar-refractivity contribution in [1.29, 1.82) is 0 Å². The van der Waals surface area contributed by atoms with E-state index in [1.165, 1.54) is 0 Å². The van der Waals surface area contributed by atoms with Crippen LogP contribution in [0.4, 0.5) is 0 Å². The van der Waals surface area contributed by atoms with Gasteiger partial charge < -0.3 is 15.5 Å². The fourth-order valence-electron chi connectivity index (χ4n) is 2.52. The third-order valence-electron chi connectivity index (χ3n) is 3.91. The van der Waals surface area contributed by atoms with Crippen LogP contribution in [0.15, 0.2) is 53.7 Å². The lowest BCUT2D eigenvalue weighted by Crippen LogP contribution is -2.39. The van der Waals surface area contributed by atoms with Crippen molar-refractivity contribution in [3.05, 3.63) is 65.5 Å². The Bertz CT molecular complexity index is 734. The summed E-state index contributed by atoms with van der Waals surface area (Å²) in [5, 5.41) is 6.59. The number of carbonyl (C=O) groups is 1. The summed E-state index contributed by atoms with van der Waals surface area (Å²) in [5.74, 6) is 0.785. The van der Waals surface area contributed by atoms with E-state index in [4.69, 9.17) is 0 Å². The molecule has 0 atom stereocenters. The highest BCUT2D eigenvalue weighted by molar-refractivity contribution is 14.0. The second-order valence-corrected chi connectivity index (χ2v) is 6.15. The molecule has 0 aliphatic heterocycles. The fraction of sp³-hybridized carbons (Fsp3) is 0.350. The van der Waals surface area contributed by atoms with Crippen molar-refractivity contribution in [3.63, 3.8) is 0 Å². The number of rotatable bonds is 7. The average molecular weight is 481 g/mol. The van der Waals surface area contributed by atoms with Gasteiger partial charge in [-0.15, -0.1) is 24.0 Å². The van der Waals surface area contributed by atoms with Crippen LogP contribution in [0, 0.1) is 0 Å². The number of hydrogen-bond acceptors (Lipinski definition) is 3. The molecule has 0 spiro atoms. The van der Waals surface area contributed by atoms with E-state index in [1.54, 1.807) is 32.2 Å². The van der Waals surface area contributed by atoms with Crippen molar-refractivity contribution in [2.75, 3.05) is 34.2 Å². The van der Waals surface area contributed by atoms with E-state index in [2.05, 4.69) is 20.6 Å². The van der Waals surface area contributed by atoms with Gasteiger partial charge in [-0.1, -0.05) is 18.2 Å². The zero-order valence-electron chi connectivity index (χ0n) is 16.1. The number of aliphatic imine (C=N–C) groups is 1. The number of pyridine rings is 1. The Morgan fingerprint density at radius 2 is 1.81 bits per heavy atom. The molecule has 6 nitrogen and oxygen atoms in total. The molecule has 0 fully saturated rings. The van der Waals surface area contributed by atoms with E-state index < -0.39 is 0 Å². The van der Waals surface area contributed by atoms with Crippen molar-refractivity contribution in [2.45, 2.75) is 12.8 Å². The molecule has 7 heteroatoms. The van der Waals surface area contributed by atoms with Gasteiger partial charge in [0.1, 0.15) is 0 Å². The highest BCUT2D eigenvalue weighted by atomic mass is 127. The molecule has 0 saturated carbocycles. The Morgan fingerprint density at radius 3 is 2.44 bits per heavy atom. The van der Waals surface area contributed by atoms with Gasteiger partial charge in [-0.2, -0.15) is 0 Å². The molecule has 27 heavy (non-hydrogen) atoms. The van der Waals surface area contributed by atoms with Gasteiger partial charge >= 0.3 is 0 Å². The molecule has 0 unspecified atom stereocenters. The van der Waals surface area contributed by atoms with Crippen LogP contribution in [0.3, 0.4) is 0 Å². The predicted molar refractivity (Wildman–Crippen MR) is 121 cm³/mol. The first-order chi connectivity index (χ1) is 12.6. The highest BCUT2D eigenvalue weighted by Gasteiger charge is 2.08. The minimum Gasteiger partial charge on any atom is -0.356 e. The van der Waals surface area contributed by atoms with E-state index in [9.17, 15) is 4.79 Å². The lowest BCUT2D eigenvalue weighted by molar-refractivity contribution is 0.0827. The Labute approximate surface area is 178 Å². The van der Waals surface area contributed by atoms with Crippen LogP contribution in [-0.2, 0) is 12.8 Å². The second-order valence-electron chi connectivity index (χ2n) is 6.15. The highest BCUT2D eigenvalue weighted by Crippen LogP contribution is 2.07. The minimum atomic E-state index is 0. The summed E-state index contributed by atoms with van der Waals surface area (Å²) in [4.78, 5) is 22.2. The molecule has 146 valence electrons. The molecule has 1 heterocycles. The fourth-order valence-corrected chi connectivity index (χ4v) is 2.52. The standard InChI is InChI=1S/C20H27N5O.HI/c1-21-20(24-14-11-18-9-4-5-12-22-18)23-13-10-16-7-6-8-17(15-16)19(26)25(2)3;/h4-9,12,15H,10-11,13-14H2,1-3H3,(H2,21,23,24);1H. The number of benzene rings is 1. The van der Waals surface area contributed by atoms with Gasteiger partial charge in [0.2, 0.25) is 0 Å². The number of nitrogens with zero attached hydrogens (tertiary/aromatic N) is 3. The summed E-state index contributed by atoms with van der Waals surface area (Å²) in [6.07, 6.45) is 3.46. The monoisotopic (exact) mass is 481 g/mol. The average Bonchev–Trinajstić information content (AvgIpc) is 2.67. The lowest BCUT2D eigenvalue weighted by Gasteiger charge is -2.13. The summed E-state index contributed by atoms with van der Waals surface area (Å²) >= 11 is 0. The SMILES string of the molecule is CN=C(NCCc1cccc(C(=O)N(C)C)c1)NCCc1ccccn1.I. The van der Waals surface area contributed by atoms with Crippen molar-refractivity contribution < 1.29 is 4.79 Å². The van der Waals surface area contributed by atoms with Crippen molar-refractivity contribution in [2.24, 2.45) is 4.99 Å². The molecule has 2 rings (SSSR count). The number of hydrogen-bond donors (Lipinski definition) is 2. The second kappa shape index (κ2) is 12.3. The molecule has 1 aromatic carbocycles. The van der Waals surface area contributed by atoms with Crippen LogP contribution in [0.25, 0.3) is 0 Å². The van der Waals surface area contributed by atoms with Gasteiger partial charge in [-0.25, -0.2) is 0 Å². The van der Waals surface area contributed by atoms with E-state index >= 15 is 0 Å². The molecule has 0 saturated heterocycles.